The van der Waals surface area contributed by atoms with Crippen LogP contribution >= 0.6 is 15.9 Å². The minimum Gasteiger partial charge on any atom is -0.479 e. The third kappa shape index (κ3) is 4.49. The second kappa shape index (κ2) is 7.84. The van der Waals surface area contributed by atoms with E-state index in [9.17, 15) is 9.18 Å². The molecule has 25 heavy (non-hydrogen) atoms. The van der Waals surface area contributed by atoms with Gasteiger partial charge in [0.2, 0.25) is 0 Å². The maximum Gasteiger partial charge on any atom is 0.347 e. The topological polar surface area (TPSA) is 54.0 Å². The number of fused-ring (bicyclic) bond motifs is 1. The summed E-state index contributed by atoms with van der Waals surface area (Å²) in [6.45, 7) is 1.84. The van der Waals surface area contributed by atoms with Crippen molar-refractivity contribution in [2.24, 2.45) is 0 Å². The molecule has 0 spiro atoms. The van der Waals surface area contributed by atoms with Crippen molar-refractivity contribution in [3.8, 4) is 11.5 Å². The van der Waals surface area contributed by atoms with Crippen LogP contribution in [0.2, 0.25) is 0 Å². The van der Waals surface area contributed by atoms with Crippen molar-refractivity contribution in [2.75, 3.05) is 6.79 Å². The summed E-state index contributed by atoms with van der Waals surface area (Å²) < 4.78 is 35.9. The lowest BCUT2D eigenvalue weighted by Gasteiger charge is -2.21. The quantitative estimate of drug-likeness (QED) is 0.698. The van der Waals surface area contributed by atoms with Gasteiger partial charge in [0.15, 0.2) is 12.9 Å². The zero-order valence-corrected chi connectivity index (χ0v) is 15.0. The van der Waals surface area contributed by atoms with Gasteiger partial charge in [-0.15, -0.1) is 0 Å². The van der Waals surface area contributed by atoms with Gasteiger partial charge in [0.1, 0.15) is 23.9 Å². The maximum absolute atomic E-state index is 13.7. The summed E-state index contributed by atoms with van der Waals surface area (Å²) in [6, 6.07) is 9.74. The Hall–Kier alpha value is -2.12. The van der Waals surface area contributed by atoms with Crippen LogP contribution in [0.15, 0.2) is 40.9 Å². The molecule has 0 radical (unpaired) electrons. The molecule has 0 aliphatic carbocycles. The summed E-state index contributed by atoms with van der Waals surface area (Å²) >= 11 is 3.33. The van der Waals surface area contributed by atoms with Crippen molar-refractivity contribution in [3.05, 3.63) is 57.8 Å². The molecule has 0 N–H and O–H groups in total. The number of esters is 1. The lowest BCUT2D eigenvalue weighted by Crippen LogP contribution is -2.26. The second-order valence-corrected chi connectivity index (χ2v) is 6.40. The van der Waals surface area contributed by atoms with E-state index >= 15 is 0 Å². The predicted octanol–water partition coefficient (Wildman–Crippen LogP) is 3.97. The van der Waals surface area contributed by atoms with E-state index in [-0.39, 0.29) is 20.0 Å². The summed E-state index contributed by atoms with van der Waals surface area (Å²) in [4.78, 5) is 12.1. The summed E-state index contributed by atoms with van der Waals surface area (Å²) in [5.74, 6) is 0.0734. The van der Waals surface area contributed by atoms with Crippen LogP contribution in [0.5, 0.6) is 11.5 Å². The van der Waals surface area contributed by atoms with E-state index in [1.807, 2.05) is 12.1 Å². The number of rotatable bonds is 5. The maximum atomic E-state index is 13.7. The number of halogens is 2. The standard InChI is InChI=1S/C18H16BrFO5/c1-11(25-16-4-2-14(19)3-5-16)18(21)23-9-13-7-15(20)6-12-8-22-10-24-17(12)13/h2-7,11H,8-10H2,1H3. The first-order valence-corrected chi connectivity index (χ1v) is 8.43. The third-order valence-electron chi connectivity index (χ3n) is 3.58. The lowest BCUT2D eigenvalue weighted by atomic mass is 10.1. The van der Waals surface area contributed by atoms with Gasteiger partial charge in [-0.05, 0) is 43.3 Å². The van der Waals surface area contributed by atoms with E-state index in [4.69, 9.17) is 18.9 Å². The summed E-state index contributed by atoms with van der Waals surface area (Å²) in [6.07, 6.45) is -0.796. The van der Waals surface area contributed by atoms with Crippen LogP contribution < -0.4 is 9.47 Å². The third-order valence-corrected chi connectivity index (χ3v) is 4.11. The molecule has 2 aromatic rings. The fraction of sp³-hybridized carbons (Fsp3) is 0.278. The Labute approximate surface area is 152 Å². The molecular formula is C18H16BrFO5. The van der Waals surface area contributed by atoms with E-state index in [1.54, 1.807) is 19.1 Å². The van der Waals surface area contributed by atoms with Crippen LogP contribution in [-0.2, 0) is 27.5 Å². The predicted molar refractivity (Wildman–Crippen MR) is 90.7 cm³/mol. The van der Waals surface area contributed by atoms with Crippen molar-refractivity contribution < 1.29 is 28.1 Å². The van der Waals surface area contributed by atoms with Gasteiger partial charge in [0.25, 0.3) is 0 Å². The van der Waals surface area contributed by atoms with Gasteiger partial charge < -0.3 is 18.9 Å². The molecule has 0 amide bonds. The minimum atomic E-state index is -0.796. The van der Waals surface area contributed by atoms with Crippen LogP contribution in [0.4, 0.5) is 4.39 Å². The SMILES string of the molecule is CC(Oc1ccc(Br)cc1)C(=O)OCc1cc(F)cc2c1OCOC2. The molecule has 1 unspecified atom stereocenters. The summed E-state index contributed by atoms with van der Waals surface area (Å²) in [5.41, 5.74) is 1.05. The molecule has 132 valence electrons. The Morgan fingerprint density at radius 3 is 2.84 bits per heavy atom. The van der Waals surface area contributed by atoms with Gasteiger partial charge in [-0.3, -0.25) is 0 Å². The van der Waals surface area contributed by atoms with Gasteiger partial charge in [0, 0.05) is 15.6 Å². The van der Waals surface area contributed by atoms with Crippen LogP contribution in [0.25, 0.3) is 0 Å². The van der Waals surface area contributed by atoms with Crippen molar-refractivity contribution in [3.63, 3.8) is 0 Å². The van der Waals surface area contributed by atoms with Gasteiger partial charge in [-0.25, -0.2) is 9.18 Å². The number of ether oxygens (including phenoxy) is 4. The molecule has 0 saturated heterocycles. The first-order valence-electron chi connectivity index (χ1n) is 7.63. The van der Waals surface area contributed by atoms with E-state index in [1.165, 1.54) is 12.1 Å². The van der Waals surface area contributed by atoms with Gasteiger partial charge >= 0.3 is 5.97 Å². The molecule has 1 atom stereocenters. The van der Waals surface area contributed by atoms with Crippen LogP contribution in [0.1, 0.15) is 18.1 Å². The molecular weight excluding hydrogens is 395 g/mol. The van der Waals surface area contributed by atoms with Gasteiger partial charge in [-0.2, -0.15) is 0 Å². The van der Waals surface area contributed by atoms with Crippen molar-refractivity contribution in [1.29, 1.82) is 0 Å². The smallest absolute Gasteiger partial charge is 0.347 e. The molecule has 1 heterocycles. The largest absolute Gasteiger partial charge is 0.479 e. The highest BCUT2D eigenvalue weighted by Gasteiger charge is 2.21. The lowest BCUT2D eigenvalue weighted by molar-refractivity contribution is -0.152. The Morgan fingerprint density at radius 1 is 1.32 bits per heavy atom. The number of hydrogen-bond donors (Lipinski definition) is 0. The first-order chi connectivity index (χ1) is 12.0. The molecule has 3 rings (SSSR count). The molecule has 0 bridgehead atoms. The summed E-state index contributed by atoms with van der Waals surface area (Å²) in [7, 11) is 0. The van der Waals surface area contributed by atoms with E-state index in [0.29, 0.717) is 22.6 Å². The molecule has 0 saturated carbocycles. The normalized spacial score (nSPS) is 14.2. The number of carbonyl (C=O) groups excluding carboxylic acids is 1. The zero-order valence-electron chi connectivity index (χ0n) is 13.5. The Morgan fingerprint density at radius 2 is 2.08 bits per heavy atom. The van der Waals surface area contributed by atoms with E-state index in [2.05, 4.69) is 15.9 Å². The van der Waals surface area contributed by atoms with E-state index in [0.717, 1.165) is 4.47 Å². The highest BCUT2D eigenvalue weighted by molar-refractivity contribution is 9.10. The van der Waals surface area contributed by atoms with Crippen LogP contribution in [0.3, 0.4) is 0 Å². The van der Waals surface area contributed by atoms with Crippen molar-refractivity contribution in [2.45, 2.75) is 26.2 Å². The fourth-order valence-electron chi connectivity index (χ4n) is 2.40. The Balaban J connectivity index is 1.62. The molecule has 1 aliphatic rings. The Bertz CT molecular complexity index is 763. The molecule has 1 aliphatic heterocycles. The van der Waals surface area contributed by atoms with Gasteiger partial charge in [0.05, 0.1) is 6.61 Å². The van der Waals surface area contributed by atoms with Crippen LogP contribution in [-0.4, -0.2) is 18.9 Å². The highest BCUT2D eigenvalue weighted by Crippen LogP contribution is 2.30. The highest BCUT2D eigenvalue weighted by atomic mass is 79.9. The average molecular weight is 411 g/mol. The molecule has 0 aromatic heterocycles. The summed E-state index contributed by atoms with van der Waals surface area (Å²) in [5, 5.41) is 0. The van der Waals surface area contributed by atoms with Gasteiger partial charge in [-0.1, -0.05) is 15.9 Å². The molecule has 0 fully saturated rings. The molecule has 2 aromatic carbocycles. The number of benzene rings is 2. The second-order valence-electron chi connectivity index (χ2n) is 5.49. The van der Waals surface area contributed by atoms with Crippen molar-refractivity contribution >= 4 is 21.9 Å². The van der Waals surface area contributed by atoms with E-state index < -0.39 is 17.9 Å². The number of hydrogen-bond acceptors (Lipinski definition) is 5. The fourth-order valence-corrected chi connectivity index (χ4v) is 2.66. The first kappa shape index (κ1) is 17.7. The minimum absolute atomic E-state index is 0.0860. The average Bonchev–Trinajstić information content (AvgIpc) is 2.61. The Kier molecular flexibility index (Phi) is 5.55. The van der Waals surface area contributed by atoms with Crippen molar-refractivity contribution in [1.82, 2.24) is 0 Å². The zero-order chi connectivity index (χ0) is 17.8. The van der Waals surface area contributed by atoms with Crippen LogP contribution in [0, 0.1) is 5.82 Å². The molecule has 7 heteroatoms. The molecule has 5 nitrogen and oxygen atoms in total. The number of carbonyl (C=O) groups is 1. The monoisotopic (exact) mass is 410 g/mol.